The first-order valence-electron chi connectivity index (χ1n) is 8.76. The van der Waals surface area contributed by atoms with Crippen LogP contribution in [0.4, 0.5) is 5.69 Å². The van der Waals surface area contributed by atoms with Crippen molar-refractivity contribution in [3.63, 3.8) is 0 Å². The molecule has 1 aliphatic heterocycles. The average molecular weight is 394 g/mol. The van der Waals surface area contributed by atoms with Crippen LogP contribution in [0.1, 0.15) is 16.5 Å². The van der Waals surface area contributed by atoms with Crippen LogP contribution in [-0.2, 0) is 16.0 Å². The van der Waals surface area contributed by atoms with Crippen LogP contribution in [0.25, 0.3) is 0 Å². The van der Waals surface area contributed by atoms with Crippen molar-refractivity contribution in [1.29, 1.82) is 0 Å². The number of thiophene rings is 1. The summed E-state index contributed by atoms with van der Waals surface area (Å²) in [4.78, 5) is 26.4. The summed E-state index contributed by atoms with van der Waals surface area (Å²) in [5.74, 6) is 0.680. The van der Waals surface area contributed by atoms with Crippen molar-refractivity contribution in [2.24, 2.45) is 0 Å². The van der Waals surface area contributed by atoms with Gasteiger partial charge in [-0.15, -0.1) is 11.3 Å². The summed E-state index contributed by atoms with van der Waals surface area (Å²) in [6.07, 6.45) is 0.234. The van der Waals surface area contributed by atoms with Crippen LogP contribution in [-0.4, -0.2) is 18.6 Å². The Labute approximate surface area is 166 Å². The molecule has 0 spiro atoms. The Morgan fingerprint density at radius 2 is 1.82 bits per heavy atom. The van der Waals surface area contributed by atoms with E-state index in [9.17, 15) is 9.59 Å². The molecule has 1 atom stereocenters. The Kier molecular flexibility index (Phi) is 5.25. The summed E-state index contributed by atoms with van der Waals surface area (Å²) in [5.41, 5.74) is 1.28. The van der Waals surface area contributed by atoms with E-state index in [1.165, 1.54) is 11.3 Å². The number of carbonyl (C=O) groups is 2. The molecule has 142 valence electrons. The summed E-state index contributed by atoms with van der Waals surface area (Å²) in [6.45, 7) is 0.165. The first-order valence-corrected chi connectivity index (χ1v) is 9.64. The molecule has 0 saturated heterocycles. The fourth-order valence-corrected chi connectivity index (χ4v) is 3.62. The predicted molar refractivity (Wildman–Crippen MR) is 107 cm³/mol. The van der Waals surface area contributed by atoms with Gasteiger partial charge in [-0.05, 0) is 29.1 Å². The van der Waals surface area contributed by atoms with E-state index in [0.717, 1.165) is 4.88 Å². The zero-order chi connectivity index (χ0) is 19.3. The lowest BCUT2D eigenvalue weighted by molar-refractivity contribution is -0.126. The number of anilines is 1. The highest BCUT2D eigenvalue weighted by Gasteiger charge is 2.24. The van der Waals surface area contributed by atoms with E-state index >= 15 is 0 Å². The monoisotopic (exact) mass is 394 g/mol. The average Bonchev–Trinajstić information content (AvgIpc) is 3.38. The molecule has 0 saturated carbocycles. The Bertz CT molecular complexity index is 973. The molecule has 0 radical (unpaired) electrons. The highest BCUT2D eigenvalue weighted by molar-refractivity contribution is 7.10. The zero-order valence-electron chi connectivity index (χ0n) is 14.9. The summed E-state index contributed by atoms with van der Waals surface area (Å²) in [5, 5.41) is 7.61. The van der Waals surface area contributed by atoms with Crippen molar-refractivity contribution in [3.8, 4) is 11.5 Å². The number of hydrogen-bond donors (Lipinski definition) is 2. The van der Waals surface area contributed by atoms with Crippen molar-refractivity contribution in [3.05, 3.63) is 76.5 Å². The molecule has 0 bridgehead atoms. The second kappa shape index (κ2) is 8.14. The summed E-state index contributed by atoms with van der Waals surface area (Å²) >= 11 is 1.51. The van der Waals surface area contributed by atoms with Crippen molar-refractivity contribution in [1.82, 2.24) is 5.32 Å². The molecule has 2 N–H and O–H groups in total. The van der Waals surface area contributed by atoms with E-state index in [2.05, 4.69) is 10.6 Å². The molecular formula is C21H18N2O4S. The summed E-state index contributed by atoms with van der Waals surface area (Å²) in [7, 11) is 0. The number of amides is 2. The van der Waals surface area contributed by atoms with Crippen LogP contribution in [0, 0.1) is 0 Å². The van der Waals surface area contributed by atoms with Crippen LogP contribution >= 0.6 is 11.3 Å². The Balaban J connectivity index is 1.51. The largest absolute Gasteiger partial charge is 0.454 e. The Hall–Kier alpha value is -3.32. The van der Waals surface area contributed by atoms with Gasteiger partial charge in [0.1, 0.15) is 6.04 Å². The van der Waals surface area contributed by atoms with Gasteiger partial charge in [0.05, 0.1) is 6.42 Å². The summed E-state index contributed by atoms with van der Waals surface area (Å²) in [6, 6.07) is 17.3. The van der Waals surface area contributed by atoms with Gasteiger partial charge in [-0.25, -0.2) is 0 Å². The van der Waals surface area contributed by atoms with E-state index in [4.69, 9.17) is 9.47 Å². The molecule has 3 aromatic rings. The van der Waals surface area contributed by atoms with Gasteiger partial charge < -0.3 is 20.1 Å². The van der Waals surface area contributed by atoms with Gasteiger partial charge >= 0.3 is 0 Å². The standard InChI is InChI=1S/C21H18N2O4S/c24-19(12-16-7-4-10-28-16)23-20(14-5-2-1-3-6-14)21(25)22-15-8-9-17-18(11-15)27-13-26-17/h1-11,20H,12-13H2,(H,22,25)(H,23,24). The molecule has 2 heterocycles. The normalized spacial score (nSPS) is 13.0. The van der Waals surface area contributed by atoms with Crippen LogP contribution in [0.15, 0.2) is 66.0 Å². The van der Waals surface area contributed by atoms with Gasteiger partial charge in [-0.1, -0.05) is 36.4 Å². The number of rotatable bonds is 6. The van der Waals surface area contributed by atoms with Gasteiger partial charge in [-0.2, -0.15) is 0 Å². The van der Waals surface area contributed by atoms with Gasteiger partial charge in [0.25, 0.3) is 5.91 Å². The molecule has 2 aromatic carbocycles. The van der Waals surface area contributed by atoms with Gasteiger partial charge in [-0.3, -0.25) is 9.59 Å². The second-order valence-electron chi connectivity index (χ2n) is 6.22. The summed E-state index contributed by atoms with van der Waals surface area (Å²) < 4.78 is 10.6. The third-order valence-corrected chi connectivity index (χ3v) is 5.13. The van der Waals surface area contributed by atoms with Crippen molar-refractivity contribution in [2.75, 3.05) is 12.1 Å². The smallest absolute Gasteiger partial charge is 0.251 e. The lowest BCUT2D eigenvalue weighted by Gasteiger charge is -2.19. The zero-order valence-corrected chi connectivity index (χ0v) is 15.7. The third kappa shape index (κ3) is 4.15. The van der Waals surface area contributed by atoms with Crippen molar-refractivity contribution >= 4 is 28.8 Å². The number of fused-ring (bicyclic) bond motifs is 1. The minimum absolute atomic E-state index is 0.165. The maximum atomic E-state index is 13.0. The molecule has 6 nitrogen and oxygen atoms in total. The molecule has 4 rings (SSSR count). The Morgan fingerprint density at radius 1 is 1.00 bits per heavy atom. The highest BCUT2D eigenvalue weighted by Crippen LogP contribution is 2.34. The second-order valence-corrected chi connectivity index (χ2v) is 7.26. The minimum Gasteiger partial charge on any atom is -0.454 e. The molecule has 1 aromatic heterocycles. The molecular weight excluding hydrogens is 376 g/mol. The first-order chi connectivity index (χ1) is 13.7. The van der Waals surface area contributed by atoms with Crippen LogP contribution in [0.3, 0.4) is 0 Å². The lowest BCUT2D eigenvalue weighted by atomic mass is 10.1. The maximum absolute atomic E-state index is 13.0. The molecule has 0 fully saturated rings. The van der Waals surface area contributed by atoms with Crippen LogP contribution < -0.4 is 20.1 Å². The molecule has 1 aliphatic rings. The molecule has 0 aliphatic carbocycles. The quantitative estimate of drug-likeness (QED) is 0.671. The number of nitrogens with one attached hydrogen (secondary N) is 2. The molecule has 28 heavy (non-hydrogen) atoms. The van der Waals surface area contributed by atoms with E-state index in [1.807, 2.05) is 47.8 Å². The SMILES string of the molecule is O=C(Cc1cccs1)NC(C(=O)Nc1ccc2c(c1)OCO2)c1ccccc1. The first kappa shape index (κ1) is 18.1. The van der Waals surface area contributed by atoms with Crippen molar-refractivity contribution in [2.45, 2.75) is 12.5 Å². The fraction of sp³-hybridized carbons (Fsp3) is 0.143. The highest BCUT2D eigenvalue weighted by atomic mass is 32.1. The number of carbonyl (C=O) groups excluding carboxylic acids is 2. The third-order valence-electron chi connectivity index (χ3n) is 4.26. The molecule has 7 heteroatoms. The van der Waals surface area contributed by atoms with E-state index in [1.54, 1.807) is 18.2 Å². The van der Waals surface area contributed by atoms with Gasteiger partial charge in [0, 0.05) is 16.6 Å². The Morgan fingerprint density at radius 3 is 2.61 bits per heavy atom. The van der Waals surface area contributed by atoms with Crippen LogP contribution in [0.2, 0.25) is 0 Å². The number of benzene rings is 2. The van der Waals surface area contributed by atoms with Crippen molar-refractivity contribution < 1.29 is 19.1 Å². The number of ether oxygens (including phenoxy) is 2. The van der Waals surface area contributed by atoms with Crippen LogP contribution in [0.5, 0.6) is 11.5 Å². The lowest BCUT2D eigenvalue weighted by Crippen LogP contribution is -2.37. The molecule has 1 unspecified atom stereocenters. The fourth-order valence-electron chi connectivity index (χ4n) is 2.92. The van der Waals surface area contributed by atoms with Gasteiger partial charge in [0.15, 0.2) is 11.5 Å². The van der Waals surface area contributed by atoms with E-state index in [0.29, 0.717) is 22.7 Å². The number of hydrogen-bond acceptors (Lipinski definition) is 5. The maximum Gasteiger partial charge on any atom is 0.251 e. The predicted octanol–water partition coefficient (Wildman–Crippen LogP) is 3.52. The minimum atomic E-state index is -0.806. The van der Waals surface area contributed by atoms with E-state index < -0.39 is 6.04 Å². The molecule has 2 amide bonds. The topological polar surface area (TPSA) is 76.7 Å². The van der Waals surface area contributed by atoms with E-state index in [-0.39, 0.29) is 25.0 Å². The van der Waals surface area contributed by atoms with Gasteiger partial charge in [0.2, 0.25) is 12.7 Å².